The van der Waals surface area contributed by atoms with Gasteiger partial charge in [-0.3, -0.25) is 4.79 Å². The molecule has 0 aliphatic rings. The first-order chi connectivity index (χ1) is 12.4. The van der Waals surface area contributed by atoms with Crippen LogP contribution in [0.2, 0.25) is 0 Å². The summed E-state index contributed by atoms with van der Waals surface area (Å²) in [7, 11) is 0. The van der Waals surface area contributed by atoms with Gasteiger partial charge in [0.1, 0.15) is 0 Å². The molecule has 28 heavy (non-hydrogen) atoms. The summed E-state index contributed by atoms with van der Waals surface area (Å²) in [5.74, 6) is 0.0276. The summed E-state index contributed by atoms with van der Waals surface area (Å²) in [6.07, 6.45) is 0.517. The smallest absolute Gasteiger partial charge is 0.221 e. The van der Waals surface area contributed by atoms with Crippen molar-refractivity contribution in [2.45, 2.75) is 113 Å². The van der Waals surface area contributed by atoms with E-state index in [0.29, 0.717) is 25.7 Å². The van der Waals surface area contributed by atoms with Crippen LogP contribution in [0.5, 0.6) is 0 Å². The van der Waals surface area contributed by atoms with Crippen molar-refractivity contribution < 1.29 is 14.3 Å². The molecular formula is C23H48N2O3. The fraction of sp³-hybridized carbons (Fsp3) is 0.957. The Morgan fingerprint density at radius 2 is 1.36 bits per heavy atom. The van der Waals surface area contributed by atoms with Gasteiger partial charge in [-0.25, -0.2) is 0 Å². The largest absolute Gasteiger partial charge is 0.380 e. The maximum absolute atomic E-state index is 12.7. The predicted molar refractivity (Wildman–Crippen MR) is 119 cm³/mol. The SMILES string of the molecule is CC(C)NCC(C)(C)COCC(C)(C)CC(=O)NC(C)(C)C(C)(C)OC(C)C. The van der Waals surface area contributed by atoms with E-state index in [1.54, 1.807) is 0 Å². The van der Waals surface area contributed by atoms with Gasteiger partial charge in [-0.1, -0.05) is 41.5 Å². The van der Waals surface area contributed by atoms with Crippen molar-refractivity contribution in [1.82, 2.24) is 10.6 Å². The third-order valence-electron chi connectivity index (χ3n) is 5.10. The summed E-state index contributed by atoms with van der Waals surface area (Å²) in [4.78, 5) is 12.7. The average Bonchev–Trinajstić information content (AvgIpc) is 2.41. The lowest BCUT2D eigenvalue weighted by Gasteiger charge is -2.43. The van der Waals surface area contributed by atoms with Crippen molar-refractivity contribution in [3.63, 3.8) is 0 Å². The molecule has 0 atom stereocenters. The molecule has 0 rings (SSSR count). The van der Waals surface area contributed by atoms with Gasteiger partial charge < -0.3 is 20.1 Å². The van der Waals surface area contributed by atoms with E-state index in [4.69, 9.17) is 9.47 Å². The maximum Gasteiger partial charge on any atom is 0.221 e. The minimum absolute atomic E-state index is 0.0276. The zero-order chi connectivity index (χ0) is 22.4. The monoisotopic (exact) mass is 400 g/mol. The summed E-state index contributed by atoms with van der Waals surface area (Å²) in [6.45, 7) is 27.1. The standard InChI is InChI=1S/C23H48N2O3/c1-17(2)24-14-21(7,8)16-27-15-20(5,6)13-19(26)25-22(9,10)23(11,12)28-18(3)4/h17-18,24H,13-16H2,1-12H3,(H,25,26). The number of ether oxygens (including phenoxy) is 2. The van der Waals surface area contributed by atoms with Crippen LogP contribution < -0.4 is 10.6 Å². The number of carbonyl (C=O) groups excluding carboxylic acids is 1. The lowest BCUT2D eigenvalue weighted by molar-refractivity contribution is -0.136. The van der Waals surface area contributed by atoms with Gasteiger partial charge in [0.15, 0.2) is 0 Å². The van der Waals surface area contributed by atoms with E-state index in [-0.39, 0.29) is 22.8 Å². The van der Waals surface area contributed by atoms with Gasteiger partial charge in [0.05, 0.1) is 30.5 Å². The van der Waals surface area contributed by atoms with E-state index in [1.165, 1.54) is 0 Å². The summed E-state index contributed by atoms with van der Waals surface area (Å²) in [5.41, 5.74) is -1.12. The van der Waals surface area contributed by atoms with Crippen LogP contribution in [0.4, 0.5) is 0 Å². The van der Waals surface area contributed by atoms with Crippen LogP contribution in [0.1, 0.15) is 89.5 Å². The highest BCUT2D eigenvalue weighted by atomic mass is 16.5. The van der Waals surface area contributed by atoms with Crippen molar-refractivity contribution in [3.8, 4) is 0 Å². The van der Waals surface area contributed by atoms with Crippen LogP contribution in [-0.2, 0) is 14.3 Å². The van der Waals surface area contributed by atoms with E-state index in [1.807, 2.05) is 41.5 Å². The third-order valence-corrected chi connectivity index (χ3v) is 5.10. The minimum atomic E-state index is -0.476. The number of carbonyl (C=O) groups is 1. The number of hydrogen-bond donors (Lipinski definition) is 2. The third kappa shape index (κ3) is 10.8. The Hall–Kier alpha value is -0.650. The molecule has 0 saturated carbocycles. The molecule has 1 amide bonds. The Labute approximate surface area is 174 Å². The molecule has 0 aromatic rings. The van der Waals surface area contributed by atoms with Crippen molar-refractivity contribution in [2.75, 3.05) is 19.8 Å². The van der Waals surface area contributed by atoms with Gasteiger partial charge in [0.25, 0.3) is 0 Å². The quantitative estimate of drug-likeness (QED) is 0.476. The molecule has 0 fully saturated rings. The second kappa shape index (κ2) is 10.4. The molecule has 0 spiro atoms. The van der Waals surface area contributed by atoms with Crippen molar-refractivity contribution >= 4 is 5.91 Å². The van der Waals surface area contributed by atoms with Gasteiger partial charge in [0.2, 0.25) is 5.91 Å². The molecule has 0 unspecified atom stereocenters. The average molecular weight is 401 g/mol. The van der Waals surface area contributed by atoms with Gasteiger partial charge in [-0.15, -0.1) is 0 Å². The topological polar surface area (TPSA) is 59.6 Å². The molecule has 0 aliphatic heterocycles. The van der Waals surface area contributed by atoms with E-state index in [9.17, 15) is 4.79 Å². The Balaban J connectivity index is 4.62. The second-order valence-corrected chi connectivity index (χ2v) is 11.4. The predicted octanol–water partition coefficient (Wildman–Crippen LogP) is 4.54. The van der Waals surface area contributed by atoms with Crippen molar-refractivity contribution in [2.24, 2.45) is 10.8 Å². The molecule has 0 aromatic heterocycles. The Bertz CT molecular complexity index is 480. The lowest BCUT2D eigenvalue weighted by atomic mass is 9.84. The number of amides is 1. The fourth-order valence-corrected chi connectivity index (χ4v) is 2.90. The van der Waals surface area contributed by atoms with Crippen molar-refractivity contribution in [3.05, 3.63) is 0 Å². The van der Waals surface area contributed by atoms with E-state index in [0.717, 1.165) is 6.54 Å². The first kappa shape index (κ1) is 27.4. The number of hydrogen-bond acceptors (Lipinski definition) is 4. The molecular weight excluding hydrogens is 352 g/mol. The summed E-state index contributed by atoms with van der Waals surface area (Å²) < 4.78 is 12.0. The van der Waals surface area contributed by atoms with Gasteiger partial charge >= 0.3 is 0 Å². The molecule has 5 heteroatoms. The first-order valence-electron chi connectivity index (χ1n) is 10.7. The normalized spacial score (nSPS) is 14.1. The number of nitrogens with one attached hydrogen (secondary N) is 2. The highest BCUT2D eigenvalue weighted by Crippen LogP contribution is 2.28. The first-order valence-corrected chi connectivity index (χ1v) is 10.7. The molecule has 0 bridgehead atoms. The van der Waals surface area contributed by atoms with Crippen LogP contribution in [0.25, 0.3) is 0 Å². The molecule has 0 radical (unpaired) electrons. The summed E-state index contributed by atoms with van der Waals surface area (Å²) >= 11 is 0. The zero-order valence-electron chi connectivity index (χ0n) is 20.7. The fourth-order valence-electron chi connectivity index (χ4n) is 2.90. The highest BCUT2D eigenvalue weighted by Gasteiger charge is 2.40. The Morgan fingerprint density at radius 1 is 0.857 bits per heavy atom. The maximum atomic E-state index is 12.7. The van der Waals surface area contributed by atoms with Gasteiger partial charge in [0, 0.05) is 24.4 Å². The minimum Gasteiger partial charge on any atom is -0.380 e. The van der Waals surface area contributed by atoms with Crippen LogP contribution in [0, 0.1) is 10.8 Å². The van der Waals surface area contributed by atoms with Crippen molar-refractivity contribution in [1.29, 1.82) is 0 Å². The van der Waals surface area contributed by atoms with Gasteiger partial charge in [-0.05, 0) is 47.0 Å². The van der Waals surface area contributed by atoms with Gasteiger partial charge in [-0.2, -0.15) is 0 Å². The second-order valence-electron chi connectivity index (χ2n) is 11.4. The van der Waals surface area contributed by atoms with Crippen LogP contribution in [0.3, 0.4) is 0 Å². The molecule has 168 valence electrons. The summed E-state index contributed by atoms with van der Waals surface area (Å²) in [6, 6.07) is 0.465. The number of rotatable bonds is 13. The van der Waals surface area contributed by atoms with E-state index < -0.39 is 11.1 Å². The van der Waals surface area contributed by atoms with E-state index in [2.05, 4.69) is 52.2 Å². The zero-order valence-corrected chi connectivity index (χ0v) is 20.7. The van der Waals surface area contributed by atoms with Crippen LogP contribution >= 0.6 is 0 Å². The van der Waals surface area contributed by atoms with Crippen LogP contribution in [-0.4, -0.2) is 49.0 Å². The highest BCUT2D eigenvalue weighted by molar-refractivity contribution is 5.77. The molecule has 5 nitrogen and oxygen atoms in total. The van der Waals surface area contributed by atoms with E-state index >= 15 is 0 Å². The van der Waals surface area contributed by atoms with Crippen LogP contribution in [0.15, 0.2) is 0 Å². The Kier molecular flexibility index (Phi) is 10.2. The molecule has 0 aromatic carbocycles. The summed E-state index contributed by atoms with van der Waals surface area (Å²) in [5, 5.41) is 6.63. The molecule has 0 aliphatic carbocycles. The molecule has 2 N–H and O–H groups in total. The Morgan fingerprint density at radius 3 is 1.82 bits per heavy atom. The molecule has 0 saturated heterocycles. The lowest BCUT2D eigenvalue weighted by Crippen LogP contribution is -2.60. The molecule has 0 heterocycles.